The molecule has 0 saturated heterocycles. The number of rotatable bonds is 4. The molecule has 0 aliphatic rings. The van der Waals surface area contributed by atoms with Gasteiger partial charge in [-0.1, -0.05) is 46.3 Å². The minimum absolute atomic E-state index is 0.166. The summed E-state index contributed by atoms with van der Waals surface area (Å²) in [5.74, 6) is 0.512. The van der Waals surface area contributed by atoms with Crippen LogP contribution in [0.1, 0.15) is 12.5 Å². The van der Waals surface area contributed by atoms with Crippen LogP contribution in [0.2, 0.25) is 0 Å². The van der Waals surface area contributed by atoms with E-state index in [9.17, 15) is 4.79 Å². The van der Waals surface area contributed by atoms with Crippen LogP contribution in [0, 0.1) is 6.92 Å². The van der Waals surface area contributed by atoms with Gasteiger partial charge >= 0.3 is 0 Å². The molecule has 0 aliphatic carbocycles. The van der Waals surface area contributed by atoms with Crippen LogP contribution >= 0.6 is 15.9 Å². The third-order valence-corrected chi connectivity index (χ3v) is 4.35. The second kappa shape index (κ2) is 7.05. The molecule has 1 amide bonds. The standard InChI is InChI=1S/C20H18BrNO2/c1-13-5-3-4-6-19(13)22-20(23)14(2)24-18-10-8-15-11-17(21)9-7-16(15)12-18/h3-12,14H,1-2H3,(H,22,23). The molecule has 0 radical (unpaired) electrons. The maximum absolute atomic E-state index is 12.3. The Morgan fingerprint density at radius 3 is 2.54 bits per heavy atom. The molecule has 0 aromatic heterocycles. The first-order chi connectivity index (χ1) is 11.5. The second-order valence-electron chi connectivity index (χ2n) is 5.72. The van der Waals surface area contributed by atoms with Crippen LogP contribution in [0.3, 0.4) is 0 Å². The summed E-state index contributed by atoms with van der Waals surface area (Å²) in [6.45, 7) is 3.71. The molecule has 122 valence electrons. The van der Waals surface area contributed by atoms with E-state index in [1.165, 1.54) is 0 Å². The minimum Gasteiger partial charge on any atom is -0.481 e. The summed E-state index contributed by atoms with van der Waals surface area (Å²) in [5.41, 5.74) is 1.83. The normalized spacial score (nSPS) is 12.0. The summed E-state index contributed by atoms with van der Waals surface area (Å²) < 4.78 is 6.84. The smallest absolute Gasteiger partial charge is 0.265 e. The Labute approximate surface area is 149 Å². The number of benzene rings is 3. The molecular formula is C20H18BrNO2. The summed E-state index contributed by atoms with van der Waals surface area (Å²) in [6, 6.07) is 19.6. The van der Waals surface area contributed by atoms with E-state index >= 15 is 0 Å². The molecule has 1 atom stereocenters. The van der Waals surface area contributed by atoms with Gasteiger partial charge in [-0.25, -0.2) is 0 Å². The van der Waals surface area contributed by atoms with Crippen molar-refractivity contribution in [1.82, 2.24) is 0 Å². The van der Waals surface area contributed by atoms with Gasteiger partial charge in [0.25, 0.3) is 5.91 Å². The highest BCUT2D eigenvalue weighted by Gasteiger charge is 2.15. The van der Waals surface area contributed by atoms with E-state index in [-0.39, 0.29) is 5.91 Å². The number of nitrogens with one attached hydrogen (secondary N) is 1. The molecule has 0 spiro atoms. The molecule has 3 rings (SSSR count). The van der Waals surface area contributed by atoms with E-state index in [1.54, 1.807) is 6.92 Å². The van der Waals surface area contributed by atoms with Gasteiger partial charge in [-0.2, -0.15) is 0 Å². The van der Waals surface area contributed by atoms with Gasteiger partial charge in [0.05, 0.1) is 0 Å². The molecule has 0 saturated carbocycles. The average Bonchev–Trinajstić information content (AvgIpc) is 2.57. The number of hydrogen-bond donors (Lipinski definition) is 1. The van der Waals surface area contributed by atoms with E-state index in [1.807, 2.05) is 67.6 Å². The minimum atomic E-state index is -0.586. The number of ether oxygens (including phenoxy) is 1. The van der Waals surface area contributed by atoms with E-state index in [4.69, 9.17) is 4.74 Å². The fourth-order valence-electron chi connectivity index (χ4n) is 2.47. The van der Waals surface area contributed by atoms with Crippen LogP contribution < -0.4 is 10.1 Å². The summed E-state index contributed by atoms with van der Waals surface area (Å²) in [5, 5.41) is 5.10. The van der Waals surface area contributed by atoms with Gasteiger partial charge in [-0.05, 0) is 60.5 Å². The van der Waals surface area contributed by atoms with Gasteiger partial charge in [0, 0.05) is 10.2 Å². The first-order valence-corrected chi connectivity index (χ1v) is 8.55. The summed E-state index contributed by atoms with van der Waals surface area (Å²) >= 11 is 3.46. The number of carbonyl (C=O) groups excluding carboxylic acids is 1. The highest BCUT2D eigenvalue weighted by atomic mass is 79.9. The molecule has 1 unspecified atom stereocenters. The number of amides is 1. The van der Waals surface area contributed by atoms with E-state index in [0.717, 1.165) is 26.5 Å². The molecule has 3 nitrogen and oxygen atoms in total. The first-order valence-electron chi connectivity index (χ1n) is 7.75. The third kappa shape index (κ3) is 3.77. The predicted octanol–water partition coefficient (Wildman–Crippen LogP) is 5.32. The third-order valence-electron chi connectivity index (χ3n) is 3.86. The number of hydrogen-bond acceptors (Lipinski definition) is 2. The van der Waals surface area contributed by atoms with Gasteiger partial charge in [-0.3, -0.25) is 4.79 Å². The fourth-order valence-corrected chi connectivity index (χ4v) is 2.85. The van der Waals surface area contributed by atoms with Crippen LogP contribution in [0.5, 0.6) is 5.75 Å². The van der Waals surface area contributed by atoms with Gasteiger partial charge in [-0.15, -0.1) is 0 Å². The van der Waals surface area contributed by atoms with Crippen molar-refractivity contribution in [3.8, 4) is 5.75 Å². The Morgan fingerprint density at radius 1 is 1.04 bits per heavy atom. The number of anilines is 1. The summed E-state index contributed by atoms with van der Waals surface area (Å²) in [7, 11) is 0. The van der Waals surface area contributed by atoms with Crippen LogP contribution in [0.15, 0.2) is 65.1 Å². The lowest BCUT2D eigenvalue weighted by molar-refractivity contribution is -0.122. The molecule has 0 aliphatic heterocycles. The van der Waals surface area contributed by atoms with Crippen LogP contribution in [0.4, 0.5) is 5.69 Å². The Balaban J connectivity index is 1.72. The average molecular weight is 384 g/mol. The van der Waals surface area contributed by atoms with Gasteiger partial charge in [0.2, 0.25) is 0 Å². The first kappa shape index (κ1) is 16.5. The number of fused-ring (bicyclic) bond motifs is 1. The largest absolute Gasteiger partial charge is 0.481 e. The topological polar surface area (TPSA) is 38.3 Å². The molecule has 1 N–H and O–H groups in total. The maximum Gasteiger partial charge on any atom is 0.265 e. The SMILES string of the molecule is Cc1ccccc1NC(=O)C(C)Oc1ccc2cc(Br)ccc2c1. The lowest BCUT2D eigenvalue weighted by Gasteiger charge is -2.16. The number of carbonyl (C=O) groups is 1. The molecule has 0 heterocycles. The molecule has 4 heteroatoms. The quantitative estimate of drug-likeness (QED) is 0.662. The Morgan fingerprint density at radius 2 is 1.75 bits per heavy atom. The zero-order chi connectivity index (χ0) is 17.1. The molecular weight excluding hydrogens is 366 g/mol. The van der Waals surface area contributed by atoms with E-state index in [2.05, 4.69) is 21.2 Å². The summed E-state index contributed by atoms with van der Waals surface area (Å²) in [6.07, 6.45) is -0.586. The maximum atomic E-state index is 12.3. The lowest BCUT2D eigenvalue weighted by atomic mass is 10.1. The predicted molar refractivity (Wildman–Crippen MR) is 102 cm³/mol. The zero-order valence-corrected chi connectivity index (χ0v) is 15.1. The van der Waals surface area contributed by atoms with Crippen molar-refractivity contribution in [2.45, 2.75) is 20.0 Å². The van der Waals surface area contributed by atoms with Crippen molar-refractivity contribution >= 4 is 38.3 Å². The molecule has 0 bridgehead atoms. The van der Waals surface area contributed by atoms with E-state index < -0.39 is 6.10 Å². The molecule has 24 heavy (non-hydrogen) atoms. The number of aryl methyl sites for hydroxylation is 1. The highest BCUT2D eigenvalue weighted by Crippen LogP contribution is 2.25. The van der Waals surface area contributed by atoms with Crippen molar-refractivity contribution in [3.05, 3.63) is 70.7 Å². The monoisotopic (exact) mass is 383 g/mol. The Hall–Kier alpha value is -2.33. The van der Waals surface area contributed by atoms with Crippen molar-refractivity contribution in [3.63, 3.8) is 0 Å². The lowest BCUT2D eigenvalue weighted by Crippen LogP contribution is -2.30. The van der Waals surface area contributed by atoms with Gasteiger partial charge in [0.15, 0.2) is 6.10 Å². The van der Waals surface area contributed by atoms with Crippen LogP contribution in [0.25, 0.3) is 10.8 Å². The van der Waals surface area contributed by atoms with Crippen molar-refractivity contribution in [2.24, 2.45) is 0 Å². The molecule has 3 aromatic rings. The number of halogens is 1. The van der Waals surface area contributed by atoms with Crippen LogP contribution in [-0.4, -0.2) is 12.0 Å². The fraction of sp³-hybridized carbons (Fsp3) is 0.150. The van der Waals surface area contributed by atoms with Crippen molar-refractivity contribution < 1.29 is 9.53 Å². The zero-order valence-electron chi connectivity index (χ0n) is 13.5. The van der Waals surface area contributed by atoms with Gasteiger partial charge < -0.3 is 10.1 Å². The Kier molecular flexibility index (Phi) is 4.86. The van der Waals surface area contributed by atoms with Crippen molar-refractivity contribution in [2.75, 3.05) is 5.32 Å². The molecule has 0 fully saturated rings. The second-order valence-corrected chi connectivity index (χ2v) is 6.63. The van der Waals surface area contributed by atoms with E-state index in [0.29, 0.717) is 5.75 Å². The summed E-state index contributed by atoms with van der Waals surface area (Å²) in [4.78, 5) is 12.3. The van der Waals surface area contributed by atoms with Crippen molar-refractivity contribution in [1.29, 1.82) is 0 Å². The van der Waals surface area contributed by atoms with Crippen LogP contribution in [-0.2, 0) is 4.79 Å². The molecule has 3 aromatic carbocycles. The Bertz CT molecular complexity index is 892. The van der Waals surface area contributed by atoms with Gasteiger partial charge in [0.1, 0.15) is 5.75 Å². The highest BCUT2D eigenvalue weighted by molar-refractivity contribution is 9.10. The number of para-hydroxylation sites is 1.